The molecule has 0 radical (unpaired) electrons. The van der Waals surface area contributed by atoms with Crippen molar-refractivity contribution in [1.29, 1.82) is 0 Å². The highest BCUT2D eigenvalue weighted by atomic mass is 35.5. The summed E-state index contributed by atoms with van der Waals surface area (Å²) < 4.78 is 42.3. The van der Waals surface area contributed by atoms with Crippen LogP contribution in [0.2, 0.25) is 0 Å². The molecule has 2 aromatic heterocycles. The second kappa shape index (κ2) is 7.84. The minimum atomic E-state index is -4.39. The van der Waals surface area contributed by atoms with E-state index in [1.807, 2.05) is 29.0 Å². The van der Waals surface area contributed by atoms with Gasteiger partial charge in [0, 0.05) is 60.8 Å². The van der Waals surface area contributed by atoms with Gasteiger partial charge in [-0.1, -0.05) is 12.1 Å². The first-order valence-electron chi connectivity index (χ1n) is 10.3. The fourth-order valence-corrected chi connectivity index (χ4v) is 5.00. The summed E-state index contributed by atoms with van der Waals surface area (Å²) in [4.78, 5) is 6.45. The van der Waals surface area contributed by atoms with Crippen molar-refractivity contribution in [2.75, 3.05) is 13.1 Å². The van der Waals surface area contributed by atoms with Crippen molar-refractivity contribution in [3.05, 3.63) is 72.7 Å². The predicted molar refractivity (Wildman–Crippen MR) is 117 cm³/mol. The second-order valence-corrected chi connectivity index (χ2v) is 8.68. The molecule has 0 bridgehead atoms. The Morgan fingerprint density at radius 1 is 1.03 bits per heavy atom. The molecule has 0 aliphatic carbocycles. The number of aromatic nitrogens is 2. The molecule has 3 aromatic rings. The van der Waals surface area contributed by atoms with Crippen LogP contribution in [0.3, 0.4) is 0 Å². The Balaban J connectivity index is 1.66. The van der Waals surface area contributed by atoms with Crippen molar-refractivity contribution in [2.45, 2.75) is 30.4 Å². The van der Waals surface area contributed by atoms with E-state index in [-0.39, 0.29) is 11.4 Å². The van der Waals surface area contributed by atoms with Crippen molar-refractivity contribution in [2.24, 2.45) is 0 Å². The molecule has 1 saturated heterocycles. The van der Waals surface area contributed by atoms with E-state index >= 15 is 0 Å². The molecule has 1 aromatic carbocycles. The number of halogens is 4. The molecule has 0 saturated carbocycles. The van der Waals surface area contributed by atoms with E-state index < -0.39 is 11.7 Å². The summed E-state index contributed by atoms with van der Waals surface area (Å²) in [5.41, 5.74) is 3.55. The van der Waals surface area contributed by atoms with Gasteiger partial charge in [-0.25, -0.2) is 0 Å². The molecule has 2 aliphatic heterocycles. The zero-order valence-corrected chi connectivity index (χ0v) is 17.4. The maximum Gasteiger partial charge on any atom is 0.416 e. The number of hydrogen-bond donors (Lipinski definition) is 0. The summed E-state index contributed by atoms with van der Waals surface area (Å²) in [7, 11) is 0. The topological polar surface area (TPSA) is 21.1 Å². The average molecular weight is 444 g/mol. The highest BCUT2D eigenvalue weighted by Gasteiger charge is 2.34. The van der Waals surface area contributed by atoms with Gasteiger partial charge in [0.25, 0.3) is 0 Å². The van der Waals surface area contributed by atoms with Gasteiger partial charge in [0.2, 0.25) is 0 Å². The Kier molecular flexibility index (Phi) is 5.15. The van der Waals surface area contributed by atoms with E-state index in [0.717, 1.165) is 54.5 Å². The fraction of sp³-hybridized carbons (Fsp3) is 0.292. The Hall–Kier alpha value is -2.57. The number of benzene rings is 1. The maximum atomic E-state index is 13.4. The molecule has 31 heavy (non-hydrogen) atoms. The molecule has 2 atom stereocenters. The molecular formula is C24H21ClF3N3. The van der Waals surface area contributed by atoms with Gasteiger partial charge >= 0.3 is 6.18 Å². The van der Waals surface area contributed by atoms with Crippen LogP contribution < -0.4 is 0 Å². The summed E-state index contributed by atoms with van der Waals surface area (Å²) >= 11 is 6.36. The third-order valence-electron chi connectivity index (χ3n) is 6.09. The normalized spacial score (nSPS) is 21.7. The smallest absolute Gasteiger partial charge is 0.320 e. The molecule has 0 spiro atoms. The molecule has 4 heterocycles. The van der Waals surface area contributed by atoms with E-state index in [0.29, 0.717) is 5.56 Å². The maximum absolute atomic E-state index is 13.4. The van der Waals surface area contributed by atoms with Crippen molar-refractivity contribution in [1.82, 2.24) is 14.5 Å². The lowest BCUT2D eigenvalue weighted by molar-refractivity contribution is -0.137. The monoisotopic (exact) mass is 443 g/mol. The zero-order valence-electron chi connectivity index (χ0n) is 16.7. The van der Waals surface area contributed by atoms with Gasteiger partial charge in [-0.15, -0.1) is 11.6 Å². The van der Waals surface area contributed by atoms with Gasteiger partial charge in [0.05, 0.1) is 11.3 Å². The number of alkyl halides is 4. The number of fused-ring (bicyclic) bond motifs is 1. The van der Waals surface area contributed by atoms with Gasteiger partial charge in [0.1, 0.15) is 0 Å². The van der Waals surface area contributed by atoms with Crippen molar-refractivity contribution in [3.8, 4) is 22.4 Å². The number of rotatable bonds is 3. The summed E-state index contributed by atoms with van der Waals surface area (Å²) in [6.45, 7) is 1.77. The zero-order chi connectivity index (χ0) is 21.6. The lowest BCUT2D eigenvalue weighted by Crippen LogP contribution is -2.33. The summed E-state index contributed by atoms with van der Waals surface area (Å²) in [5.74, 6) is 0. The van der Waals surface area contributed by atoms with E-state index in [1.54, 1.807) is 18.5 Å². The largest absolute Gasteiger partial charge is 0.416 e. The van der Waals surface area contributed by atoms with Crippen LogP contribution in [0, 0.1) is 0 Å². The lowest BCUT2D eigenvalue weighted by Gasteiger charge is -2.29. The first-order chi connectivity index (χ1) is 14.9. The molecule has 160 valence electrons. The van der Waals surface area contributed by atoms with Crippen LogP contribution in [-0.4, -0.2) is 39.0 Å². The minimum Gasteiger partial charge on any atom is -0.320 e. The van der Waals surface area contributed by atoms with Crippen LogP contribution in [0.1, 0.15) is 18.4 Å². The molecular weight excluding hydrogens is 423 g/mol. The number of pyridine rings is 1. The quantitative estimate of drug-likeness (QED) is 0.452. The SMILES string of the molecule is FC(F)(F)c1cccc(-c2c(-c3ccncc3)ccn2C2=CC3CC(Cl)CN3CC2)c1. The Morgan fingerprint density at radius 3 is 2.61 bits per heavy atom. The third kappa shape index (κ3) is 3.90. The van der Waals surface area contributed by atoms with Gasteiger partial charge < -0.3 is 4.57 Å². The highest BCUT2D eigenvalue weighted by Crippen LogP contribution is 2.40. The molecule has 2 unspecified atom stereocenters. The summed E-state index contributed by atoms with van der Waals surface area (Å²) in [6, 6.07) is 11.6. The van der Waals surface area contributed by atoms with Gasteiger partial charge in [0.15, 0.2) is 0 Å². The molecule has 7 heteroatoms. The van der Waals surface area contributed by atoms with Crippen LogP contribution in [0.15, 0.2) is 67.1 Å². The fourth-order valence-electron chi connectivity index (χ4n) is 4.64. The predicted octanol–water partition coefficient (Wildman–Crippen LogP) is 6.16. The van der Waals surface area contributed by atoms with E-state index in [9.17, 15) is 13.2 Å². The Bertz CT molecular complexity index is 1120. The van der Waals surface area contributed by atoms with E-state index in [4.69, 9.17) is 11.6 Å². The van der Waals surface area contributed by atoms with Crippen LogP contribution in [-0.2, 0) is 6.18 Å². The van der Waals surface area contributed by atoms with Gasteiger partial charge in [-0.3, -0.25) is 9.88 Å². The molecule has 2 aliphatic rings. The van der Waals surface area contributed by atoms with Gasteiger partial charge in [-0.05, 0) is 54.0 Å². The van der Waals surface area contributed by atoms with Gasteiger partial charge in [-0.2, -0.15) is 13.2 Å². The molecule has 0 amide bonds. The van der Waals surface area contributed by atoms with E-state index in [1.165, 1.54) is 12.1 Å². The number of nitrogens with zero attached hydrogens (tertiary/aromatic N) is 3. The number of hydrogen-bond acceptors (Lipinski definition) is 2. The third-order valence-corrected chi connectivity index (χ3v) is 6.41. The summed E-state index contributed by atoms with van der Waals surface area (Å²) in [6.07, 6.45) is 4.88. The van der Waals surface area contributed by atoms with Crippen LogP contribution >= 0.6 is 11.6 Å². The second-order valence-electron chi connectivity index (χ2n) is 8.07. The molecule has 3 nitrogen and oxygen atoms in total. The van der Waals surface area contributed by atoms with Crippen molar-refractivity contribution < 1.29 is 13.2 Å². The van der Waals surface area contributed by atoms with Crippen LogP contribution in [0.5, 0.6) is 0 Å². The van der Waals surface area contributed by atoms with E-state index in [2.05, 4.69) is 16.0 Å². The van der Waals surface area contributed by atoms with Crippen LogP contribution in [0.4, 0.5) is 13.2 Å². The highest BCUT2D eigenvalue weighted by molar-refractivity contribution is 6.21. The Labute approximate surface area is 183 Å². The van der Waals surface area contributed by atoms with Crippen LogP contribution in [0.25, 0.3) is 28.1 Å². The summed E-state index contributed by atoms with van der Waals surface area (Å²) in [5, 5.41) is 0.139. The first kappa shape index (κ1) is 20.3. The lowest BCUT2D eigenvalue weighted by atomic mass is 10.00. The van der Waals surface area contributed by atoms with Crippen molar-refractivity contribution in [3.63, 3.8) is 0 Å². The minimum absolute atomic E-state index is 0.139. The Morgan fingerprint density at radius 2 is 1.84 bits per heavy atom. The molecule has 1 fully saturated rings. The average Bonchev–Trinajstić information content (AvgIpc) is 3.36. The van der Waals surface area contributed by atoms with Crippen molar-refractivity contribution >= 4 is 17.3 Å². The molecule has 0 N–H and O–H groups in total. The first-order valence-corrected chi connectivity index (χ1v) is 10.7. The molecule has 5 rings (SSSR count). The standard InChI is InChI=1S/C24H21ClF3N3/c25-19-13-21-14-20(6-10-30(21)15-19)31-11-7-22(16-4-8-29-9-5-16)23(31)17-2-1-3-18(12-17)24(26,27)28/h1-5,7-9,11-12,14,19,21H,6,10,13,15H2.